The van der Waals surface area contributed by atoms with Crippen LogP contribution in [0.1, 0.15) is 30.9 Å². The molecule has 0 spiro atoms. The molecule has 1 aliphatic carbocycles. The van der Waals surface area contributed by atoms with Gasteiger partial charge < -0.3 is 16.0 Å². The topological polar surface area (TPSA) is 96.2 Å². The van der Waals surface area contributed by atoms with E-state index < -0.39 is 0 Å². The maximum absolute atomic E-state index is 11.6. The number of carbonyl (C=O) groups excluding carboxylic acids is 1. The molecular formula is C19H27N7O. The lowest BCUT2D eigenvalue weighted by Crippen LogP contribution is -2.41. The Morgan fingerprint density at radius 3 is 2.78 bits per heavy atom. The molecule has 3 rings (SSSR count). The van der Waals surface area contributed by atoms with Crippen LogP contribution in [0.3, 0.4) is 0 Å². The van der Waals surface area contributed by atoms with Crippen molar-refractivity contribution < 1.29 is 4.79 Å². The van der Waals surface area contributed by atoms with Crippen LogP contribution in [0.4, 0.5) is 0 Å². The standard InChI is InChI=1S/C19H27N7O/c1-2-21-19(23-9-8-22-18(27)17-6-7-17)24-11-15-4-3-5-16(10-15)12-26-14-20-13-25-26/h3-5,10,13-14,17H,2,6-9,11-12H2,1H3,(H,22,27)(H2,21,23,24). The summed E-state index contributed by atoms with van der Waals surface area (Å²) >= 11 is 0. The highest BCUT2D eigenvalue weighted by Crippen LogP contribution is 2.28. The Bertz CT molecular complexity index is 753. The Balaban J connectivity index is 1.48. The quantitative estimate of drug-likeness (QED) is 0.347. The fourth-order valence-corrected chi connectivity index (χ4v) is 2.70. The van der Waals surface area contributed by atoms with E-state index in [-0.39, 0.29) is 11.8 Å². The number of benzene rings is 1. The van der Waals surface area contributed by atoms with E-state index in [9.17, 15) is 4.79 Å². The molecule has 8 heteroatoms. The van der Waals surface area contributed by atoms with Crippen LogP contribution in [0.25, 0.3) is 0 Å². The average Bonchev–Trinajstić information content (AvgIpc) is 3.41. The largest absolute Gasteiger partial charge is 0.357 e. The van der Waals surface area contributed by atoms with Gasteiger partial charge in [0.25, 0.3) is 0 Å². The lowest BCUT2D eigenvalue weighted by atomic mass is 10.1. The molecule has 1 amide bonds. The van der Waals surface area contributed by atoms with Crippen LogP contribution in [0.5, 0.6) is 0 Å². The maximum atomic E-state index is 11.6. The average molecular weight is 369 g/mol. The van der Waals surface area contributed by atoms with Crippen LogP contribution in [0.15, 0.2) is 41.9 Å². The van der Waals surface area contributed by atoms with Crippen molar-refractivity contribution in [2.45, 2.75) is 32.9 Å². The zero-order valence-electron chi connectivity index (χ0n) is 15.7. The zero-order chi connectivity index (χ0) is 18.9. The van der Waals surface area contributed by atoms with Crippen LogP contribution in [0, 0.1) is 5.92 Å². The lowest BCUT2D eigenvalue weighted by Gasteiger charge is -2.12. The first kappa shape index (κ1) is 18.9. The fraction of sp³-hybridized carbons (Fsp3) is 0.474. The third-order valence-corrected chi connectivity index (χ3v) is 4.23. The van der Waals surface area contributed by atoms with Gasteiger partial charge >= 0.3 is 0 Å². The van der Waals surface area contributed by atoms with Gasteiger partial charge in [0.1, 0.15) is 12.7 Å². The van der Waals surface area contributed by atoms with Crippen molar-refractivity contribution >= 4 is 11.9 Å². The second kappa shape index (κ2) is 9.70. The van der Waals surface area contributed by atoms with E-state index in [1.807, 2.05) is 13.0 Å². The number of nitrogens with one attached hydrogen (secondary N) is 3. The van der Waals surface area contributed by atoms with Crippen LogP contribution >= 0.6 is 0 Å². The predicted molar refractivity (Wildman–Crippen MR) is 104 cm³/mol. The van der Waals surface area contributed by atoms with E-state index in [2.05, 4.69) is 49.2 Å². The van der Waals surface area contributed by atoms with Gasteiger partial charge in [-0.3, -0.25) is 4.79 Å². The van der Waals surface area contributed by atoms with Crippen molar-refractivity contribution in [3.8, 4) is 0 Å². The van der Waals surface area contributed by atoms with Crippen molar-refractivity contribution in [2.24, 2.45) is 10.9 Å². The highest BCUT2D eigenvalue weighted by atomic mass is 16.2. The number of guanidine groups is 1. The number of hydrogen-bond acceptors (Lipinski definition) is 4. The molecule has 3 N–H and O–H groups in total. The summed E-state index contributed by atoms with van der Waals surface area (Å²) in [5.74, 6) is 1.17. The molecule has 1 aromatic heterocycles. The number of rotatable bonds is 9. The van der Waals surface area contributed by atoms with E-state index in [0.29, 0.717) is 26.2 Å². The third-order valence-electron chi connectivity index (χ3n) is 4.23. The smallest absolute Gasteiger partial charge is 0.223 e. The van der Waals surface area contributed by atoms with Gasteiger partial charge in [0.2, 0.25) is 5.91 Å². The molecule has 1 aromatic carbocycles. The van der Waals surface area contributed by atoms with Crippen molar-refractivity contribution in [3.05, 3.63) is 48.0 Å². The summed E-state index contributed by atoms with van der Waals surface area (Å²) in [7, 11) is 0. The van der Waals surface area contributed by atoms with Crippen LogP contribution in [0.2, 0.25) is 0 Å². The summed E-state index contributed by atoms with van der Waals surface area (Å²) in [6.07, 6.45) is 5.30. The Hall–Kier alpha value is -2.90. The lowest BCUT2D eigenvalue weighted by molar-refractivity contribution is -0.122. The van der Waals surface area contributed by atoms with Gasteiger partial charge in [-0.15, -0.1) is 0 Å². The second-order valence-corrected chi connectivity index (χ2v) is 6.60. The molecule has 2 aromatic rings. The van der Waals surface area contributed by atoms with E-state index in [4.69, 9.17) is 0 Å². The number of aliphatic imine (C=N–C) groups is 1. The van der Waals surface area contributed by atoms with E-state index in [0.717, 1.165) is 36.5 Å². The van der Waals surface area contributed by atoms with Gasteiger partial charge in [-0.25, -0.2) is 14.7 Å². The molecule has 0 atom stereocenters. The number of nitrogens with zero attached hydrogens (tertiary/aromatic N) is 4. The SMILES string of the molecule is CCNC(=NCc1cccc(Cn2cncn2)c1)NCCNC(=O)C1CC1. The Kier molecular flexibility index (Phi) is 6.78. The van der Waals surface area contributed by atoms with Crippen molar-refractivity contribution in [3.63, 3.8) is 0 Å². The van der Waals surface area contributed by atoms with Crippen LogP contribution in [-0.4, -0.2) is 46.3 Å². The van der Waals surface area contributed by atoms with Gasteiger partial charge in [-0.1, -0.05) is 24.3 Å². The minimum absolute atomic E-state index is 0.169. The number of hydrogen-bond donors (Lipinski definition) is 3. The van der Waals surface area contributed by atoms with Crippen LogP contribution < -0.4 is 16.0 Å². The summed E-state index contributed by atoms with van der Waals surface area (Å²) in [6, 6.07) is 8.30. The molecule has 1 aliphatic rings. The molecule has 0 bridgehead atoms. The molecule has 8 nitrogen and oxygen atoms in total. The first-order valence-electron chi connectivity index (χ1n) is 9.44. The minimum atomic E-state index is 0.169. The molecule has 0 radical (unpaired) electrons. The van der Waals surface area contributed by atoms with Gasteiger partial charge in [-0.05, 0) is 30.9 Å². The minimum Gasteiger partial charge on any atom is -0.357 e. The molecule has 0 aliphatic heterocycles. The van der Waals surface area contributed by atoms with Gasteiger partial charge in [0, 0.05) is 25.6 Å². The molecule has 1 heterocycles. The van der Waals surface area contributed by atoms with Crippen molar-refractivity contribution in [1.29, 1.82) is 0 Å². The van der Waals surface area contributed by atoms with Crippen LogP contribution in [-0.2, 0) is 17.9 Å². The molecule has 27 heavy (non-hydrogen) atoms. The molecule has 0 saturated heterocycles. The summed E-state index contributed by atoms with van der Waals surface area (Å²) in [6.45, 7) is 5.34. The first-order valence-corrected chi connectivity index (χ1v) is 9.44. The number of aromatic nitrogens is 3. The van der Waals surface area contributed by atoms with Crippen molar-refractivity contribution in [2.75, 3.05) is 19.6 Å². The Labute approximate surface area is 159 Å². The monoisotopic (exact) mass is 369 g/mol. The van der Waals surface area contributed by atoms with E-state index in [1.165, 1.54) is 6.33 Å². The number of amides is 1. The zero-order valence-corrected chi connectivity index (χ0v) is 15.7. The maximum Gasteiger partial charge on any atom is 0.223 e. The second-order valence-electron chi connectivity index (χ2n) is 6.60. The van der Waals surface area contributed by atoms with Gasteiger partial charge in [0.15, 0.2) is 5.96 Å². The summed E-state index contributed by atoms with van der Waals surface area (Å²) in [4.78, 5) is 20.2. The third kappa shape index (κ3) is 6.40. The summed E-state index contributed by atoms with van der Waals surface area (Å²) in [5.41, 5.74) is 2.29. The predicted octanol–water partition coefficient (Wildman–Crippen LogP) is 0.908. The number of carbonyl (C=O) groups is 1. The van der Waals surface area contributed by atoms with E-state index >= 15 is 0 Å². The summed E-state index contributed by atoms with van der Waals surface area (Å²) < 4.78 is 1.80. The van der Waals surface area contributed by atoms with Gasteiger partial charge in [-0.2, -0.15) is 5.10 Å². The normalized spacial score (nSPS) is 14.0. The van der Waals surface area contributed by atoms with E-state index in [1.54, 1.807) is 11.0 Å². The molecule has 1 saturated carbocycles. The fourth-order valence-electron chi connectivity index (χ4n) is 2.70. The molecule has 144 valence electrons. The molecular weight excluding hydrogens is 342 g/mol. The highest BCUT2D eigenvalue weighted by molar-refractivity contribution is 5.81. The van der Waals surface area contributed by atoms with Gasteiger partial charge in [0.05, 0.1) is 13.1 Å². The van der Waals surface area contributed by atoms with Crippen molar-refractivity contribution in [1.82, 2.24) is 30.7 Å². The Morgan fingerprint density at radius 2 is 2.04 bits per heavy atom. The Morgan fingerprint density at radius 1 is 1.22 bits per heavy atom. The molecule has 1 fully saturated rings. The first-order chi connectivity index (χ1) is 13.2. The summed E-state index contributed by atoms with van der Waals surface area (Å²) in [5, 5.41) is 13.6. The molecule has 0 unspecified atom stereocenters. The highest BCUT2D eigenvalue weighted by Gasteiger charge is 2.28.